The van der Waals surface area contributed by atoms with Crippen LogP contribution in [0.1, 0.15) is 50.2 Å². The van der Waals surface area contributed by atoms with Crippen LogP contribution >= 0.6 is 23.2 Å². The summed E-state index contributed by atoms with van der Waals surface area (Å²) in [6, 6.07) is 16.5. The van der Waals surface area contributed by atoms with Gasteiger partial charge in [-0.05, 0) is 49.2 Å². The minimum Gasteiger partial charge on any atom is -0.352 e. The number of hydrogen-bond acceptors (Lipinski definition) is 4. The topological polar surface area (TPSA) is 54.5 Å². The van der Waals surface area contributed by atoms with Crippen LogP contribution in [0.5, 0.6) is 0 Å². The van der Waals surface area contributed by atoms with Gasteiger partial charge in [0.05, 0.1) is 12.1 Å². The number of anilines is 1. The Morgan fingerprint density at radius 2 is 1.63 bits per heavy atom. The molecule has 1 spiro atoms. The van der Waals surface area contributed by atoms with Gasteiger partial charge in [-0.15, -0.1) is 0 Å². The molecule has 0 bridgehead atoms. The molecule has 1 aliphatic carbocycles. The van der Waals surface area contributed by atoms with Gasteiger partial charge < -0.3 is 4.90 Å². The quantitative estimate of drug-likeness (QED) is 0.385. The number of benzene rings is 3. The first-order chi connectivity index (χ1) is 16.8. The van der Waals surface area contributed by atoms with E-state index in [0.29, 0.717) is 26.7 Å². The highest BCUT2D eigenvalue weighted by Crippen LogP contribution is 2.61. The molecule has 3 atom stereocenters. The van der Waals surface area contributed by atoms with E-state index in [4.69, 9.17) is 23.2 Å². The predicted octanol–water partition coefficient (Wildman–Crippen LogP) is 6.32. The number of rotatable bonds is 2. The van der Waals surface area contributed by atoms with Gasteiger partial charge in [-0.25, -0.2) is 0 Å². The fraction of sp³-hybridized carbons (Fsp3) is 0.207. The molecule has 6 heteroatoms. The summed E-state index contributed by atoms with van der Waals surface area (Å²) in [7, 11) is 0. The van der Waals surface area contributed by atoms with Crippen molar-refractivity contribution in [3.05, 3.63) is 105 Å². The molecular formula is C29H21Cl2NO3. The van der Waals surface area contributed by atoms with E-state index in [1.54, 1.807) is 42.5 Å². The Labute approximate surface area is 213 Å². The van der Waals surface area contributed by atoms with Crippen molar-refractivity contribution in [2.75, 3.05) is 4.90 Å². The molecule has 0 N–H and O–H groups in total. The van der Waals surface area contributed by atoms with Crippen molar-refractivity contribution in [2.45, 2.75) is 31.8 Å². The standard InChI is InChI=1S/C29H21Cl2NO3/c1-15-7-11-23-17(13-15)8-12-24-29(27(34)19-5-3-4-6-20(19)28(29)35)25(26(16(2)33)32(23)24)21-10-9-18(30)14-22(21)31/h3-14,24-26H,1-2H3/t24-,25+,26+/m1/s1. The molecule has 0 radical (unpaired) electrons. The Kier molecular flexibility index (Phi) is 4.86. The molecule has 3 aromatic rings. The number of carbonyl (C=O) groups is 3. The lowest BCUT2D eigenvalue weighted by Gasteiger charge is -2.37. The molecule has 6 rings (SSSR count). The molecule has 0 unspecified atom stereocenters. The molecule has 3 aromatic carbocycles. The second-order valence-corrected chi connectivity index (χ2v) is 10.4. The number of Topliss-reactive ketones (excluding diaryl/α,β-unsaturated/α-hetero) is 3. The van der Waals surface area contributed by atoms with Gasteiger partial charge in [0, 0.05) is 32.8 Å². The first kappa shape index (κ1) is 22.3. The third-order valence-electron chi connectivity index (χ3n) is 7.67. The van der Waals surface area contributed by atoms with Crippen LogP contribution in [0.15, 0.2) is 66.7 Å². The Bertz CT molecular complexity index is 1460. The minimum atomic E-state index is -1.53. The number of carbonyl (C=O) groups excluding carboxylic acids is 3. The zero-order valence-electron chi connectivity index (χ0n) is 19.1. The minimum absolute atomic E-state index is 0.138. The van der Waals surface area contributed by atoms with Gasteiger partial charge in [-0.2, -0.15) is 0 Å². The van der Waals surface area contributed by atoms with Crippen LogP contribution in [0.4, 0.5) is 5.69 Å². The molecule has 174 valence electrons. The fourth-order valence-electron chi connectivity index (χ4n) is 6.35. The summed E-state index contributed by atoms with van der Waals surface area (Å²) in [6.07, 6.45) is 3.86. The number of halogens is 2. The summed E-state index contributed by atoms with van der Waals surface area (Å²) in [6.45, 7) is 3.52. The maximum atomic E-state index is 14.3. The average molecular weight is 502 g/mol. The largest absolute Gasteiger partial charge is 0.352 e. The molecule has 3 aliphatic rings. The average Bonchev–Trinajstić information content (AvgIpc) is 3.26. The van der Waals surface area contributed by atoms with Crippen LogP contribution in [0.2, 0.25) is 10.0 Å². The smallest absolute Gasteiger partial charge is 0.180 e. The van der Waals surface area contributed by atoms with Gasteiger partial charge in [-0.3, -0.25) is 14.4 Å². The van der Waals surface area contributed by atoms with Crippen LogP contribution < -0.4 is 4.90 Å². The van der Waals surface area contributed by atoms with Crippen LogP contribution in [0.3, 0.4) is 0 Å². The van der Waals surface area contributed by atoms with Crippen LogP contribution in [-0.2, 0) is 4.79 Å². The third-order valence-corrected chi connectivity index (χ3v) is 8.24. The highest BCUT2D eigenvalue weighted by molar-refractivity contribution is 6.36. The summed E-state index contributed by atoms with van der Waals surface area (Å²) in [5.74, 6) is -1.47. The fourth-order valence-corrected chi connectivity index (χ4v) is 6.87. The molecule has 2 heterocycles. The van der Waals surface area contributed by atoms with E-state index in [2.05, 4.69) is 0 Å². The second kappa shape index (κ2) is 7.64. The second-order valence-electron chi connectivity index (χ2n) is 9.55. The van der Waals surface area contributed by atoms with Gasteiger partial charge in [0.25, 0.3) is 0 Å². The Morgan fingerprint density at radius 1 is 0.943 bits per heavy atom. The van der Waals surface area contributed by atoms with Gasteiger partial charge in [0.1, 0.15) is 5.41 Å². The van der Waals surface area contributed by atoms with Gasteiger partial charge in [0.2, 0.25) is 0 Å². The molecule has 35 heavy (non-hydrogen) atoms. The van der Waals surface area contributed by atoms with Crippen molar-refractivity contribution in [3.8, 4) is 0 Å². The molecule has 1 fully saturated rings. The third kappa shape index (κ3) is 2.84. The van der Waals surface area contributed by atoms with Crippen LogP contribution in [0.25, 0.3) is 6.08 Å². The number of nitrogens with zero attached hydrogens (tertiary/aromatic N) is 1. The highest BCUT2D eigenvalue weighted by Gasteiger charge is 2.71. The number of ketones is 3. The van der Waals surface area contributed by atoms with Crippen molar-refractivity contribution < 1.29 is 14.4 Å². The van der Waals surface area contributed by atoms with Crippen LogP contribution in [0, 0.1) is 12.3 Å². The van der Waals surface area contributed by atoms with E-state index in [9.17, 15) is 14.4 Å². The summed E-state index contributed by atoms with van der Waals surface area (Å²) >= 11 is 12.9. The summed E-state index contributed by atoms with van der Waals surface area (Å²) in [5, 5.41) is 0.772. The Hall–Kier alpha value is -3.21. The molecule has 4 nitrogen and oxygen atoms in total. The lowest BCUT2D eigenvalue weighted by atomic mass is 9.64. The predicted molar refractivity (Wildman–Crippen MR) is 138 cm³/mol. The molecule has 2 aliphatic heterocycles. The Morgan fingerprint density at radius 3 is 2.26 bits per heavy atom. The van der Waals surface area contributed by atoms with E-state index >= 15 is 0 Å². The van der Waals surface area contributed by atoms with Gasteiger partial charge >= 0.3 is 0 Å². The summed E-state index contributed by atoms with van der Waals surface area (Å²) < 4.78 is 0. The maximum absolute atomic E-state index is 14.3. The first-order valence-corrected chi connectivity index (χ1v) is 12.2. The normalized spacial score (nSPS) is 23.4. The number of aryl methyl sites for hydroxylation is 1. The maximum Gasteiger partial charge on any atom is 0.180 e. The molecule has 0 saturated carbocycles. The molecular weight excluding hydrogens is 481 g/mol. The van der Waals surface area contributed by atoms with Gasteiger partial charge in [-0.1, -0.05) is 77.3 Å². The lowest BCUT2D eigenvalue weighted by molar-refractivity contribution is -0.118. The van der Waals surface area contributed by atoms with Crippen LogP contribution in [-0.4, -0.2) is 29.4 Å². The summed E-state index contributed by atoms with van der Waals surface area (Å²) in [5.41, 5.74) is 2.67. The van der Waals surface area contributed by atoms with E-state index < -0.39 is 23.4 Å². The number of fused-ring (bicyclic) bond motifs is 5. The highest BCUT2D eigenvalue weighted by atomic mass is 35.5. The first-order valence-electron chi connectivity index (χ1n) is 11.5. The van der Waals surface area contributed by atoms with E-state index in [1.807, 2.05) is 42.2 Å². The van der Waals surface area contributed by atoms with Crippen molar-refractivity contribution in [1.82, 2.24) is 0 Å². The monoisotopic (exact) mass is 501 g/mol. The number of hydrogen-bond donors (Lipinski definition) is 0. The lowest BCUT2D eigenvalue weighted by Crippen LogP contribution is -2.48. The van der Waals surface area contributed by atoms with E-state index in [0.717, 1.165) is 16.8 Å². The van der Waals surface area contributed by atoms with Gasteiger partial charge in [0.15, 0.2) is 17.3 Å². The Balaban J connectivity index is 1.70. The van der Waals surface area contributed by atoms with Crippen molar-refractivity contribution in [3.63, 3.8) is 0 Å². The van der Waals surface area contributed by atoms with E-state index in [1.165, 1.54) is 6.92 Å². The van der Waals surface area contributed by atoms with E-state index in [-0.39, 0.29) is 17.3 Å². The molecule has 0 amide bonds. The zero-order chi connectivity index (χ0) is 24.6. The zero-order valence-corrected chi connectivity index (χ0v) is 20.6. The van der Waals surface area contributed by atoms with Crippen molar-refractivity contribution >= 4 is 52.3 Å². The molecule has 0 aromatic heterocycles. The van der Waals surface area contributed by atoms with Crippen molar-refractivity contribution in [1.29, 1.82) is 0 Å². The van der Waals surface area contributed by atoms with Crippen molar-refractivity contribution in [2.24, 2.45) is 5.41 Å². The summed E-state index contributed by atoms with van der Waals surface area (Å²) in [4.78, 5) is 44.0. The molecule has 1 saturated heterocycles. The SMILES string of the molecule is CC(=O)[C@H]1[C@H](c2ccc(Cl)cc2Cl)C2(C(=O)c3ccccc3C2=O)[C@H]2C=Cc3cc(C)ccc3N12.